The standard InChI is InChI=1S/C8H14O7S/c1-3-8(5-6(9)10,16(12,13)14)7(11)15-4-2/h3-5H2,1-2H3,(H,9,10)(H,12,13,14). The third-order valence-electron chi connectivity index (χ3n) is 2.15. The van der Waals surface area contributed by atoms with Crippen molar-refractivity contribution < 1.29 is 32.4 Å². The maximum atomic E-state index is 11.5. The molecule has 0 aliphatic heterocycles. The van der Waals surface area contributed by atoms with Gasteiger partial charge < -0.3 is 9.84 Å². The highest BCUT2D eigenvalue weighted by Gasteiger charge is 2.52. The van der Waals surface area contributed by atoms with Gasteiger partial charge in [0.25, 0.3) is 10.1 Å². The molecule has 0 rings (SSSR count). The SMILES string of the molecule is CCOC(=O)C(CC)(CC(=O)O)S(=O)(=O)O. The smallest absolute Gasteiger partial charge is 0.330 e. The minimum absolute atomic E-state index is 0.101. The van der Waals surface area contributed by atoms with Crippen LogP contribution in [0.2, 0.25) is 0 Å². The fourth-order valence-corrected chi connectivity index (χ4v) is 2.17. The van der Waals surface area contributed by atoms with Crippen LogP contribution in [0, 0.1) is 0 Å². The number of aliphatic carboxylic acids is 1. The number of esters is 1. The largest absolute Gasteiger partial charge is 0.481 e. The van der Waals surface area contributed by atoms with Crippen molar-refractivity contribution in [3.63, 3.8) is 0 Å². The van der Waals surface area contributed by atoms with E-state index in [9.17, 15) is 18.0 Å². The van der Waals surface area contributed by atoms with Crippen molar-refractivity contribution in [3.05, 3.63) is 0 Å². The molecule has 0 saturated carbocycles. The topological polar surface area (TPSA) is 118 Å². The Bertz CT molecular complexity index is 372. The van der Waals surface area contributed by atoms with Gasteiger partial charge in [0.1, 0.15) is 0 Å². The normalized spacial score (nSPS) is 15.2. The predicted molar refractivity (Wildman–Crippen MR) is 53.5 cm³/mol. The van der Waals surface area contributed by atoms with Gasteiger partial charge in [-0.05, 0) is 13.3 Å². The van der Waals surface area contributed by atoms with Crippen LogP contribution in [0.1, 0.15) is 26.7 Å². The predicted octanol–water partition coefficient (Wildman–Crippen LogP) is 0.0608. The Labute approximate surface area is 93.2 Å². The Morgan fingerprint density at radius 2 is 1.81 bits per heavy atom. The van der Waals surface area contributed by atoms with Gasteiger partial charge in [0.05, 0.1) is 13.0 Å². The summed E-state index contributed by atoms with van der Waals surface area (Å²) in [5, 5.41) is 8.58. The summed E-state index contributed by atoms with van der Waals surface area (Å²) in [5.41, 5.74) is 0. The number of rotatable bonds is 6. The highest BCUT2D eigenvalue weighted by molar-refractivity contribution is 7.88. The first-order valence-corrected chi connectivity index (χ1v) is 6.01. The van der Waals surface area contributed by atoms with E-state index in [0.717, 1.165) is 0 Å². The van der Waals surface area contributed by atoms with E-state index in [1.165, 1.54) is 13.8 Å². The number of carbonyl (C=O) groups is 2. The van der Waals surface area contributed by atoms with Crippen molar-refractivity contribution in [2.24, 2.45) is 0 Å². The Balaban J connectivity index is 5.47. The number of carboxylic acid groups (broad SMARTS) is 1. The molecule has 8 heteroatoms. The molecule has 0 bridgehead atoms. The number of carbonyl (C=O) groups excluding carboxylic acids is 1. The fourth-order valence-electron chi connectivity index (χ4n) is 1.23. The van der Waals surface area contributed by atoms with E-state index in [1.807, 2.05) is 0 Å². The molecular weight excluding hydrogens is 240 g/mol. The minimum atomic E-state index is -4.85. The first kappa shape index (κ1) is 14.8. The van der Waals surface area contributed by atoms with Crippen LogP contribution in [0.25, 0.3) is 0 Å². The second-order valence-electron chi connectivity index (χ2n) is 3.11. The molecule has 2 N–H and O–H groups in total. The Morgan fingerprint density at radius 1 is 1.31 bits per heavy atom. The van der Waals surface area contributed by atoms with Crippen LogP contribution in [0.3, 0.4) is 0 Å². The van der Waals surface area contributed by atoms with Crippen molar-refractivity contribution >= 4 is 22.1 Å². The molecule has 0 radical (unpaired) electrons. The summed E-state index contributed by atoms with van der Waals surface area (Å²) in [6, 6.07) is 0. The number of hydrogen-bond donors (Lipinski definition) is 2. The Kier molecular flexibility index (Phi) is 4.88. The quantitative estimate of drug-likeness (QED) is 0.508. The average molecular weight is 254 g/mol. The molecule has 94 valence electrons. The van der Waals surface area contributed by atoms with E-state index >= 15 is 0 Å². The molecule has 0 aromatic carbocycles. The van der Waals surface area contributed by atoms with Gasteiger partial charge in [0.15, 0.2) is 0 Å². The lowest BCUT2D eigenvalue weighted by Gasteiger charge is -2.24. The number of hydrogen-bond acceptors (Lipinski definition) is 5. The van der Waals surface area contributed by atoms with Crippen molar-refractivity contribution in [3.8, 4) is 0 Å². The zero-order chi connectivity index (χ0) is 13.0. The molecule has 0 amide bonds. The van der Waals surface area contributed by atoms with Gasteiger partial charge in [-0.15, -0.1) is 0 Å². The van der Waals surface area contributed by atoms with Gasteiger partial charge in [0, 0.05) is 0 Å². The summed E-state index contributed by atoms with van der Waals surface area (Å²) in [5.74, 6) is -2.75. The van der Waals surface area contributed by atoms with Crippen LogP contribution in [0.4, 0.5) is 0 Å². The zero-order valence-corrected chi connectivity index (χ0v) is 9.78. The molecule has 0 aromatic rings. The van der Waals surface area contributed by atoms with Gasteiger partial charge in [-0.25, -0.2) is 0 Å². The lowest BCUT2D eigenvalue weighted by molar-refractivity contribution is -0.151. The fraction of sp³-hybridized carbons (Fsp3) is 0.750. The highest BCUT2D eigenvalue weighted by atomic mass is 32.2. The number of carboxylic acids is 1. The average Bonchev–Trinajstić information content (AvgIpc) is 2.12. The van der Waals surface area contributed by atoms with Crippen LogP contribution in [0.5, 0.6) is 0 Å². The lowest BCUT2D eigenvalue weighted by Crippen LogP contribution is -2.48. The summed E-state index contributed by atoms with van der Waals surface area (Å²) in [4.78, 5) is 22.0. The molecule has 1 unspecified atom stereocenters. The lowest BCUT2D eigenvalue weighted by atomic mass is 10.0. The molecule has 0 aliphatic rings. The van der Waals surface area contributed by atoms with E-state index in [-0.39, 0.29) is 13.0 Å². The molecule has 1 atom stereocenters. The molecule has 0 aromatic heterocycles. The molecule has 0 aliphatic carbocycles. The minimum Gasteiger partial charge on any atom is -0.481 e. The van der Waals surface area contributed by atoms with Crippen LogP contribution < -0.4 is 0 Å². The maximum absolute atomic E-state index is 11.5. The second kappa shape index (κ2) is 5.26. The molecule has 0 fully saturated rings. The third-order valence-corrected chi connectivity index (χ3v) is 3.74. The van der Waals surface area contributed by atoms with Crippen molar-refractivity contribution in [1.29, 1.82) is 0 Å². The first-order valence-electron chi connectivity index (χ1n) is 4.57. The Hall–Kier alpha value is -1.15. The highest BCUT2D eigenvalue weighted by Crippen LogP contribution is 2.27. The van der Waals surface area contributed by atoms with Crippen LogP contribution in [0.15, 0.2) is 0 Å². The van der Waals surface area contributed by atoms with E-state index in [2.05, 4.69) is 4.74 Å². The van der Waals surface area contributed by atoms with Gasteiger partial charge in [-0.2, -0.15) is 8.42 Å². The molecule has 16 heavy (non-hydrogen) atoms. The first-order chi connectivity index (χ1) is 7.21. The van der Waals surface area contributed by atoms with Crippen molar-refractivity contribution in [2.75, 3.05) is 6.61 Å². The van der Waals surface area contributed by atoms with E-state index in [1.54, 1.807) is 0 Å². The van der Waals surface area contributed by atoms with Crippen LogP contribution in [-0.2, 0) is 24.4 Å². The van der Waals surface area contributed by atoms with Crippen LogP contribution in [-0.4, -0.2) is 41.4 Å². The molecule has 0 spiro atoms. The second-order valence-corrected chi connectivity index (χ2v) is 4.85. The van der Waals surface area contributed by atoms with E-state index in [0.29, 0.717) is 0 Å². The molecule has 0 heterocycles. The van der Waals surface area contributed by atoms with Gasteiger partial charge in [-0.1, -0.05) is 6.92 Å². The van der Waals surface area contributed by atoms with Gasteiger partial charge in [-0.3, -0.25) is 14.1 Å². The third kappa shape index (κ3) is 2.92. The van der Waals surface area contributed by atoms with Gasteiger partial charge >= 0.3 is 11.9 Å². The van der Waals surface area contributed by atoms with Gasteiger partial charge in [0.2, 0.25) is 4.75 Å². The summed E-state index contributed by atoms with van der Waals surface area (Å²) >= 11 is 0. The number of ether oxygens (including phenoxy) is 1. The monoisotopic (exact) mass is 254 g/mol. The Morgan fingerprint density at radius 3 is 2.06 bits per heavy atom. The van der Waals surface area contributed by atoms with Crippen molar-refractivity contribution in [2.45, 2.75) is 31.4 Å². The molecule has 0 saturated heterocycles. The van der Waals surface area contributed by atoms with Crippen molar-refractivity contribution in [1.82, 2.24) is 0 Å². The van der Waals surface area contributed by atoms with E-state index < -0.39 is 33.2 Å². The maximum Gasteiger partial charge on any atom is 0.330 e. The molecule has 7 nitrogen and oxygen atoms in total. The summed E-state index contributed by atoms with van der Waals surface area (Å²) < 4.78 is 33.3. The molecular formula is C8H14O7S. The summed E-state index contributed by atoms with van der Waals surface area (Å²) in [6.07, 6.45) is -1.40. The van der Waals surface area contributed by atoms with Crippen LogP contribution >= 0.6 is 0 Å². The summed E-state index contributed by atoms with van der Waals surface area (Å²) in [6.45, 7) is 2.63. The van der Waals surface area contributed by atoms with E-state index in [4.69, 9.17) is 9.66 Å². The summed E-state index contributed by atoms with van der Waals surface area (Å²) in [7, 11) is -4.85. The zero-order valence-electron chi connectivity index (χ0n) is 8.97.